The maximum Gasteiger partial charge on any atom is 0.266 e. The zero-order chi connectivity index (χ0) is 19.9. The Kier molecular flexibility index (Phi) is 4.93. The lowest BCUT2D eigenvalue weighted by Gasteiger charge is -2.30. The molecule has 0 aromatic carbocycles. The van der Waals surface area contributed by atoms with Gasteiger partial charge >= 0.3 is 0 Å². The third kappa shape index (κ3) is 3.17. The van der Waals surface area contributed by atoms with Gasteiger partial charge < -0.3 is 22.1 Å². The number of carbonyl (C=O) groups excluding carboxylic acids is 2. The third-order valence-corrected chi connectivity index (χ3v) is 6.10. The molecule has 1 fully saturated rings. The second kappa shape index (κ2) is 7.04. The first-order valence-corrected chi connectivity index (χ1v) is 9.57. The van der Waals surface area contributed by atoms with Crippen LogP contribution in [-0.4, -0.2) is 34.8 Å². The number of anilines is 2. The van der Waals surface area contributed by atoms with Crippen molar-refractivity contribution in [2.45, 2.75) is 32.6 Å². The fourth-order valence-corrected chi connectivity index (χ4v) is 4.65. The summed E-state index contributed by atoms with van der Waals surface area (Å²) < 4.78 is 0. The number of nitrogen functional groups attached to an aromatic ring is 2. The number of nitriles is 1. The van der Waals surface area contributed by atoms with E-state index in [4.69, 9.17) is 17.2 Å². The van der Waals surface area contributed by atoms with E-state index in [1.54, 1.807) is 4.90 Å². The first-order chi connectivity index (χ1) is 12.8. The van der Waals surface area contributed by atoms with Crippen molar-refractivity contribution in [2.24, 2.45) is 11.7 Å². The largest absolute Gasteiger partial charge is 0.397 e. The number of nitrogens with zero attached hydrogens (tertiary/aromatic N) is 3. The lowest BCUT2D eigenvalue weighted by Crippen LogP contribution is -2.41. The molecule has 0 spiro atoms. The Hall–Kier alpha value is -2.86. The van der Waals surface area contributed by atoms with E-state index in [2.05, 4.69) is 11.1 Å². The molecular formula is C18H22N6O2S. The van der Waals surface area contributed by atoms with Crippen molar-refractivity contribution >= 4 is 44.9 Å². The van der Waals surface area contributed by atoms with Crippen molar-refractivity contribution in [3.8, 4) is 6.07 Å². The molecule has 3 rings (SSSR count). The van der Waals surface area contributed by atoms with Gasteiger partial charge in [-0.3, -0.25) is 9.59 Å². The number of piperidine rings is 1. The molecule has 0 radical (unpaired) electrons. The predicted octanol–water partition coefficient (Wildman–Crippen LogP) is 1.79. The summed E-state index contributed by atoms with van der Waals surface area (Å²) in [5, 5.41) is 10.1. The van der Waals surface area contributed by atoms with Crippen LogP contribution < -0.4 is 17.2 Å². The molecule has 1 aliphatic rings. The number of nitrogens with two attached hydrogens (primary N) is 3. The summed E-state index contributed by atoms with van der Waals surface area (Å²) in [5.74, 6) is -0.560. The van der Waals surface area contributed by atoms with Crippen LogP contribution in [0.2, 0.25) is 0 Å². The van der Waals surface area contributed by atoms with Gasteiger partial charge in [-0.05, 0) is 24.3 Å². The van der Waals surface area contributed by atoms with Gasteiger partial charge in [0.1, 0.15) is 21.6 Å². The molecule has 1 aliphatic heterocycles. The Labute approximate surface area is 160 Å². The molecule has 0 atom stereocenters. The van der Waals surface area contributed by atoms with Crippen molar-refractivity contribution in [1.29, 1.82) is 5.26 Å². The summed E-state index contributed by atoms with van der Waals surface area (Å²) in [7, 11) is 0. The highest BCUT2D eigenvalue weighted by atomic mass is 32.1. The van der Waals surface area contributed by atoms with Gasteiger partial charge in [0, 0.05) is 24.4 Å². The number of pyridine rings is 1. The van der Waals surface area contributed by atoms with E-state index in [0.717, 1.165) is 5.56 Å². The van der Waals surface area contributed by atoms with Crippen LogP contribution in [0, 0.1) is 17.2 Å². The number of amides is 2. The van der Waals surface area contributed by atoms with Crippen molar-refractivity contribution in [1.82, 2.24) is 9.88 Å². The Morgan fingerprint density at radius 1 is 1.30 bits per heavy atom. The topological polar surface area (TPSA) is 152 Å². The number of thiophene rings is 1. The summed E-state index contributed by atoms with van der Waals surface area (Å²) in [5.41, 5.74) is 19.0. The molecule has 0 saturated carbocycles. The molecule has 0 bridgehead atoms. The first-order valence-electron chi connectivity index (χ1n) is 8.76. The lowest BCUT2D eigenvalue weighted by atomic mass is 9.94. The Balaban J connectivity index is 2.03. The van der Waals surface area contributed by atoms with Crippen LogP contribution in [0.5, 0.6) is 0 Å². The number of hydrogen-bond acceptors (Lipinski definition) is 7. The molecule has 8 nitrogen and oxygen atoms in total. The van der Waals surface area contributed by atoms with Gasteiger partial charge in [-0.2, -0.15) is 5.26 Å². The number of likely N-dealkylation sites (tertiary alicyclic amines) is 1. The summed E-state index contributed by atoms with van der Waals surface area (Å²) >= 11 is 1.19. The summed E-state index contributed by atoms with van der Waals surface area (Å²) in [6.45, 7) is 4.80. The van der Waals surface area contributed by atoms with E-state index in [1.165, 1.54) is 11.3 Å². The third-order valence-electron chi connectivity index (χ3n) is 5.01. The van der Waals surface area contributed by atoms with Crippen molar-refractivity contribution in [2.75, 3.05) is 24.6 Å². The minimum atomic E-state index is -0.325. The van der Waals surface area contributed by atoms with Crippen LogP contribution in [0.25, 0.3) is 10.2 Å². The molecule has 0 unspecified atom stereocenters. The molecule has 2 aromatic rings. The number of primary amides is 1. The summed E-state index contributed by atoms with van der Waals surface area (Å²) in [4.78, 5) is 31.3. The fraction of sp³-hybridized carbons (Fsp3) is 0.444. The lowest BCUT2D eigenvalue weighted by molar-refractivity contribution is -0.123. The molecular weight excluding hydrogens is 364 g/mol. The number of aromatic nitrogens is 1. The van der Waals surface area contributed by atoms with E-state index < -0.39 is 0 Å². The van der Waals surface area contributed by atoms with Crippen LogP contribution in [-0.2, 0) is 4.79 Å². The van der Waals surface area contributed by atoms with Crippen molar-refractivity contribution in [3.05, 3.63) is 16.0 Å². The van der Waals surface area contributed by atoms with Gasteiger partial charge in [-0.1, -0.05) is 13.8 Å². The summed E-state index contributed by atoms with van der Waals surface area (Å²) in [6, 6.07) is 2.10. The van der Waals surface area contributed by atoms with Gasteiger partial charge in [0.25, 0.3) is 5.91 Å². The van der Waals surface area contributed by atoms with Crippen LogP contribution in [0.3, 0.4) is 0 Å². The SMILES string of the molecule is CC(C)c1c(C#N)c(N)nc2sc(C(=O)N3CCC(C(N)=O)CC3)c(N)c12. The van der Waals surface area contributed by atoms with E-state index in [9.17, 15) is 14.9 Å². The molecule has 3 heterocycles. The number of rotatable bonds is 3. The normalized spacial score (nSPS) is 15.3. The maximum absolute atomic E-state index is 13.0. The van der Waals surface area contributed by atoms with Gasteiger partial charge in [0.2, 0.25) is 5.91 Å². The quantitative estimate of drug-likeness (QED) is 0.731. The Morgan fingerprint density at radius 3 is 2.44 bits per heavy atom. The number of fused-ring (bicyclic) bond motifs is 1. The van der Waals surface area contributed by atoms with Crippen LogP contribution in [0.4, 0.5) is 11.5 Å². The van der Waals surface area contributed by atoms with E-state index in [0.29, 0.717) is 52.3 Å². The Bertz CT molecular complexity index is 967. The zero-order valence-electron chi connectivity index (χ0n) is 15.3. The Morgan fingerprint density at radius 2 is 1.93 bits per heavy atom. The number of hydrogen-bond donors (Lipinski definition) is 3. The standard InChI is InChI=1S/C18H22N6O2S/c1-8(2)11-10(7-19)15(21)23-17-12(11)13(20)14(27-17)18(26)24-5-3-9(4-6-24)16(22)25/h8-9H,3-6,20H2,1-2H3,(H2,21,23)(H2,22,25). The van der Waals surface area contributed by atoms with Crippen LogP contribution in [0.15, 0.2) is 0 Å². The molecule has 2 aromatic heterocycles. The molecule has 27 heavy (non-hydrogen) atoms. The molecule has 0 aliphatic carbocycles. The van der Waals surface area contributed by atoms with E-state index in [-0.39, 0.29) is 29.5 Å². The second-order valence-electron chi connectivity index (χ2n) is 7.05. The van der Waals surface area contributed by atoms with Gasteiger partial charge in [0.15, 0.2) is 0 Å². The zero-order valence-corrected chi connectivity index (χ0v) is 16.1. The average molecular weight is 386 g/mol. The fourth-order valence-electron chi connectivity index (χ4n) is 3.56. The first kappa shape index (κ1) is 18.9. The minimum absolute atomic E-state index is 0.00128. The van der Waals surface area contributed by atoms with Crippen LogP contribution >= 0.6 is 11.3 Å². The van der Waals surface area contributed by atoms with Crippen LogP contribution in [0.1, 0.15) is 53.4 Å². The highest BCUT2D eigenvalue weighted by Gasteiger charge is 2.30. The summed E-state index contributed by atoms with van der Waals surface area (Å²) in [6.07, 6.45) is 1.10. The average Bonchev–Trinajstić information content (AvgIpc) is 2.95. The number of carbonyl (C=O) groups is 2. The molecule has 142 valence electrons. The van der Waals surface area contributed by atoms with Crippen molar-refractivity contribution in [3.63, 3.8) is 0 Å². The van der Waals surface area contributed by atoms with Gasteiger partial charge in [-0.25, -0.2) is 4.98 Å². The smallest absolute Gasteiger partial charge is 0.266 e. The second-order valence-corrected chi connectivity index (χ2v) is 8.05. The molecule has 9 heteroatoms. The predicted molar refractivity (Wildman–Crippen MR) is 105 cm³/mol. The molecule has 2 amide bonds. The highest BCUT2D eigenvalue weighted by molar-refractivity contribution is 7.21. The highest BCUT2D eigenvalue weighted by Crippen LogP contribution is 2.41. The van der Waals surface area contributed by atoms with Gasteiger partial charge in [0.05, 0.1) is 11.3 Å². The van der Waals surface area contributed by atoms with Crippen molar-refractivity contribution < 1.29 is 9.59 Å². The minimum Gasteiger partial charge on any atom is -0.397 e. The van der Waals surface area contributed by atoms with E-state index in [1.807, 2.05) is 13.8 Å². The maximum atomic E-state index is 13.0. The monoisotopic (exact) mass is 386 g/mol. The van der Waals surface area contributed by atoms with Gasteiger partial charge in [-0.15, -0.1) is 11.3 Å². The van der Waals surface area contributed by atoms with E-state index >= 15 is 0 Å². The molecule has 1 saturated heterocycles. The molecule has 6 N–H and O–H groups in total.